The number of aromatic nitrogens is 3. The zero-order valence-electron chi connectivity index (χ0n) is 42.1. The van der Waals surface area contributed by atoms with E-state index in [-0.39, 0.29) is 77.9 Å². The molecule has 410 valence electrons. The number of carbonyl (C=O) groups excluding carboxylic acids is 3. The Kier molecular flexibility index (Phi) is 26.8. The first-order chi connectivity index (χ1) is 35.5. The van der Waals surface area contributed by atoms with Gasteiger partial charge in [-0.05, 0) is 75.5 Å². The van der Waals surface area contributed by atoms with Crippen molar-refractivity contribution in [3.8, 4) is 0 Å². The van der Waals surface area contributed by atoms with E-state index < -0.39 is 54.5 Å². The largest absolute Gasteiger partial charge is 0.480 e. The van der Waals surface area contributed by atoms with E-state index in [0.29, 0.717) is 75.0 Å². The molecule has 2 fully saturated rings. The molecule has 2 unspecified atom stereocenters. The Bertz CT molecular complexity index is 2120. The van der Waals surface area contributed by atoms with Crippen LogP contribution in [-0.4, -0.2) is 225 Å². The van der Waals surface area contributed by atoms with Crippen LogP contribution in [0.2, 0.25) is 0 Å². The van der Waals surface area contributed by atoms with Crippen molar-refractivity contribution in [2.45, 2.75) is 95.6 Å². The fourth-order valence-electron chi connectivity index (χ4n) is 8.71. The molecule has 10 N–H and O–H groups in total. The van der Waals surface area contributed by atoms with E-state index in [0.717, 1.165) is 70.0 Å². The van der Waals surface area contributed by atoms with Gasteiger partial charge >= 0.3 is 35.9 Å². The summed E-state index contributed by atoms with van der Waals surface area (Å²) in [6.07, 6.45) is 10.4. The Morgan fingerprint density at radius 1 is 0.608 bits per heavy atom. The van der Waals surface area contributed by atoms with Crippen molar-refractivity contribution in [1.82, 2.24) is 50.5 Å². The number of anilines is 4. The van der Waals surface area contributed by atoms with Crippen LogP contribution in [0.1, 0.15) is 82.6 Å². The van der Waals surface area contributed by atoms with Crippen LogP contribution in [0, 0.1) is 0 Å². The Hall–Kier alpha value is -6.77. The minimum Gasteiger partial charge on any atom is -0.480 e. The molecule has 0 bridgehead atoms. The molecule has 2 saturated heterocycles. The van der Waals surface area contributed by atoms with Crippen LogP contribution in [-0.2, 0) is 40.0 Å². The van der Waals surface area contributed by atoms with E-state index in [1.165, 1.54) is 0 Å². The van der Waals surface area contributed by atoms with Gasteiger partial charge in [-0.2, -0.15) is 15.0 Å². The van der Waals surface area contributed by atoms with Crippen molar-refractivity contribution in [2.75, 3.05) is 120 Å². The number of nitrogens with one attached hydrogen (secondary N) is 5. The molecule has 0 radical (unpaired) electrons. The quantitative estimate of drug-likeness (QED) is 0.0373. The second kappa shape index (κ2) is 33.1. The van der Waals surface area contributed by atoms with Crippen LogP contribution in [0.3, 0.4) is 0 Å². The number of carbonyl (C=O) groups is 8. The third kappa shape index (κ3) is 24.8. The van der Waals surface area contributed by atoms with Crippen LogP contribution >= 0.6 is 0 Å². The number of carboxylic acid groups (broad SMARTS) is 5. The third-order valence-electron chi connectivity index (χ3n) is 12.5. The summed E-state index contributed by atoms with van der Waals surface area (Å²) in [7, 11) is 0. The second-order valence-electron chi connectivity index (χ2n) is 18.6. The first-order valence-corrected chi connectivity index (χ1v) is 25.4. The molecule has 2 atom stereocenters. The van der Waals surface area contributed by atoms with Crippen molar-refractivity contribution in [3.05, 3.63) is 29.8 Å². The summed E-state index contributed by atoms with van der Waals surface area (Å²) in [6, 6.07) is 5.48. The average Bonchev–Trinajstić information content (AvgIpc) is 3.35. The van der Waals surface area contributed by atoms with Gasteiger partial charge in [0.05, 0.1) is 32.2 Å². The highest BCUT2D eigenvalue weighted by Gasteiger charge is 2.28. The molecule has 0 aliphatic carbocycles. The van der Waals surface area contributed by atoms with E-state index in [1.54, 1.807) is 19.6 Å². The van der Waals surface area contributed by atoms with Crippen molar-refractivity contribution >= 4 is 71.6 Å². The van der Waals surface area contributed by atoms with Gasteiger partial charge in [0, 0.05) is 90.1 Å². The summed E-state index contributed by atoms with van der Waals surface area (Å²) in [5.41, 5.74) is 1.51. The number of piperidine rings is 1. The summed E-state index contributed by atoms with van der Waals surface area (Å²) in [4.78, 5) is 117. The number of urea groups is 1. The van der Waals surface area contributed by atoms with Gasteiger partial charge in [-0.15, -0.1) is 0 Å². The van der Waals surface area contributed by atoms with E-state index in [9.17, 15) is 58.8 Å². The maximum atomic E-state index is 12.3. The number of amides is 3. The van der Waals surface area contributed by atoms with Crippen LogP contribution in [0.15, 0.2) is 24.3 Å². The molecule has 0 saturated carbocycles. The Morgan fingerprint density at radius 3 is 1.82 bits per heavy atom. The fraction of sp³-hybridized carbons (Fsp3) is 0.646. The summed E-state index contributed by atoms with van der Waals surface area (Å²) < 4.78 is 0. The SMILES string of the molecule is O=CC(CCCCNC(=O)CCCCCCCNc1nc(Nc2ccc(CC3CN(CC(=O)O)CCN(CC(=O)O)CCN(CC(=O)O)CCN3CC(=O)O)cc2)nc(N2CCCCC2)n1)NC(=O)NCC(=O)O. The minimum atomic E-state index is -1.19. The third-order valence-corrected chi connectivity index (χ3v) is 12.5. The molecule has 3 amide bonds. The molecule has 2 aliphatic rings. The lowest BCUT2D eigenvalue weighted by Crippen LogP contribution is -2.53. The van der Waals surface area contributed by atoms with Gasteiger partial charge in [-0.25, -0.2) is 4.79 Å². The number of unbranched alkanes of at least 4 members (excludes halogenated alkanes) is 5. The predicted octanol–water partition coefficient (Wildman–Crippen LogP) is 1.07. The molecule has 2 aromatic rings. The smallest absolute Gasteiger partial charge is 0.323 e. The highest BCUT2D eigenvalue weighted by atomic mass is 16.4. The Balaban J connectivity index is 1.31. The average molecular weight is 1040 g/mol. The van der Waals surface area contributed by atoms with Gasteiger partial charge in [-0.3, -0.25) is 48.4 Å². The Labute approximate surface area is 430 Å². The first kappa shape index (κ1) is 59.8. The lowest BCUT2D eigenvalue weighted by Gasteiger charge is -2.37. The number of carboxylic acids is 5. The van der Waals surface area contributed by atoms with Gasteiger partial charge in [-0.1, -0.05) is 31.4 Å². The van der Waals surface area contributed by atoms with Crippen LogP contribution in [0.4, 0.5) is 28.3 Å². The highest BCUT2D eigenvalue weighted by molar-refractivity contribution is 5.82. The van der Waals surface area contributed by atoms with Crippen LogP contribution < -0.4 is 31.5 Å². The van der Waals surface area contributed by atoms with Crippen molar-refractivity contribution in [1.29, 1.82) is 0 Å². The zero-order chi connectivity index (χ0) is 53.7. The first-order valence-electron chi connectivity index (χ1n) is 25.4. The Morgan fingerprint density at radius 2 is 1.19 bits per heavy atom. The number of benzene rings is 1. The predicted molar refractivity (Wildman–Crippen MR) is 272 cm³/mol. The van der Waals surface area contributed by atoms with E-state index in [1.807, 2.05) is 24.3 Å². The van der Waals surface area contributed by atoms with Crippen molar-refractivity contribution in [2.24, 2.45) is 0 Å². The van der Waals surface area contributed by atoms with Gasteiger partial charge in [0.1, 0.15) is 12.8 Å². The highest BCUT2D eigenvalue weighted by Crippen LogP contribution is 2.22. The maximum Gasteiger partial charge on any atom is 0.323 e. The maximum absolute atomic E-state index is 12.3. The lowest BCUT2D eigenvalue weighted by atomic mass is 10.0. The van der Waals surface area contributed by atoms with Crippen molar-refractivity contribution in [3.63, 3.8) is 0 Å². The number of hydrogen-bond donors (Lipinski definition) is 10. The van der Waals surface area contributed by atoms with Gasteiger partial charge in [0.25, 0.3) is 0 Å². The number of hydrogen-bond acceptors (Lipinski definition) is 18. The van der Waals surface area contributed by atoms with Crippen LogP contribution in [0.25, 0.3) is 0 Å². The standard InChI is InChI=1S/C48H75N13O13/c62-34-37(53-48(74)51-28-40(64)65)11-6-8-17-49-39(63)12-5-2-1-3-7-18-50-45-54-46(56-47(55-45)60-19-9-4-10-20-60)52-36-15-13-35(14-16-36)27-38-29-59(32-43(70)71)24-23-57(30-41(66)67)21-22-58(31-42(68)69)25-26-61(38)33-44(72)73/h13-16,34,37-38H,1-12,17-33H2,(H,49,63)(H,64,65)(H,66,67)(H,68,69)(H,70,71)(H,72,73)(H2,51,53,74)(H2,50,52,54,55,56). The fourth-order valence-corrected chi connectivity index (χ4v) is 8.71. The minimum absolute atomic E-state index is 0.0508. The van der Waals surface area contributed by atoms with E-state index in [4.69, 9.17) is 15.1 Å². The zero-order valence-corrected chi connectivity index (χ0v) is 42.1. The lowest BCUT2D eigenvalue weighted by molar-refractivity contribution is -0.142. The summed E-state index contributed by atoms with van der Waals surface area (Å²) in [5, 5.41) is 61.7. The molecule has 0 spiro atoms. The van der Waals surface area contributed by atoms with Gasteiger partial charge in [0.15, 0.2) is 0 Å². The number of rotatable bonds is 31. The molecule has 74 heavy (non-hydrogen) atoms. The van der Waals surface area contributed by atoms with Gasteiger partial charge < -0.3 is 61.8 Å². The van der Waals surface area contributed by atoms with Crippen molar-refractivity contribution < 1.29 is 63.9 Å². The second-order valence-corrected chi connectivity index (χ2v) is 18.6. The molecule has 2 aliphatic heterocycles. The topological polar surface area (TPSA) is 353 Å². The molecule has 1 aromatic carbocycles. The normalized spacial score (nSPS) is 16.9. The number of aldehydes is 1. The summed E-state index contributed by atoms with van der Waals surface area (Å²) in [5.74, 6) is -4.23. The van der Waals surface area contributed by atoms with E-state index in [2.05, 4.69) is 36.5 Å². The molecule has 26 heteroatoms. The van der Waals surface area contributed by atoms with Crippen LogP contribution in [0.5, 0.6) is 0 Å². The summed E-state index contributed by atoms with van der Waals surface area (Å²) >= 11 is 0. The molecular formula is C48H75N13O13. The molecule has 3 heterocycles. The monoisotopic (exact) mass is 1040 g/mol. The molecule has 4 rings (SSSR count). The molecule has 1 aromatic heterocycles. The number of nitrogens with zero attached hydrogens (tertiary/aromatic N) is 8. The van der Waals surface area contributed by atoms with E-state index >= 15 is 0 Å². The molecular weight excluding hydrogens is 967 g/mol. The summed E-state index contributed by atoms with van der Waals surface area (Å²) in [6.45, 7) is 2.14. The molecule has 26 nitrogen and oxygen atoms in total. The number of aliphatic carboxylic acids is 5. The van der Waals surface area contributed by atoms with Gasteiger partial charge in [0.2, 0.25) is 23.8 Å².